The van der Waals surface area contributed by atoms with Crippen LogP contribution in [0.2, 0.25) is 0 Å². The van der Waals surface area contributed by atoms with Crippen LogP contribution >= 0.6 is 0 Å². The molecule has 1 saturated carbocycles. The summed E-state index contributed by atoms with van der Waals surface area (Å²) < 4.78 is 16.9. The third-order valence-electron chi connectivity index (χ3n) is 6.52. The van der Waals surface area contributed by atoms with Crippen molar-refractivity contribution in [2.24, 2.45) is 0 Å². The van der Waals surface area contributed by atoms with Gasteiger partial charge in [-0.25, -0.2) is 4.39 Å². The zero-order valence-electron chi connectivity index (χ0n) is 19.6. The first-order valence-electron chi connectivity index (χ1n) is 11.9. The summed E-state index contributed by atoms with van der Waals surface area (Å²) in [4.78, 5) is 37.0. The highest BCUT2D eigenvalue weighted by Gasteiger charge is 2.22. The molecule has 33 heavy (non-hydrogen) atoms. The van der Waals surface area contributed by atoms with E-state index in [1.807, 2.05) is 18.4 Å². The predicted molar refractivity (Wildman–Crippen MR) is 127 cm³/mol. The van der Waals surface area contributed by atoms with E-state index in [9.17, 15) is 14.4 Å². The molecule has 1 aliphatic rings. The maximum Gasteiger partial charge on any atom is 0.305 e. The Morgan fingerprint density at radius 1 is 1.18 bits per heavy atom. The van der Waals surface area contributed by atoms with Crippen LogP contribution in [0.5, 0.6) is 0 Å². The van der Waals surface area contributed by atoms with Crippen LogP contribution in [0.15, 0.2) is 23.1 Å². The van der Waals surface area contributed by atoms with Gasteiger partial charge in [-0.15, -0.1) is 0 Å². The second kappa shape index (κ2) is 10.8. The summed E-state index contributed by atoms with van der Waals surface area (Å²) in [6, 6.07) is 2.49. The summed E-state index contributed by atoms with van der Waals surface area (Å²) in [6.45, 7) is 5.62. The minimum absolute atomic E-state index is 0.0177. The third-order valence-corrected chi connectivity index (χ3v) is 6.52. The lowest BCUT2D eigenvalue weighted by atomic mass is 9.95. The van der Waals surface area contributed by atoms with Crippen LogP contribution in [-0.2, 0) is 4.79 Å². The number of aliphatic carboxylic acids is 1. The molecule has 8 heteroatoms. The second-order valence-electron chi connectivity index (χ2n) is 9.05. The minimum atomic E-state index is -1.05. The molecular formula is C25H34FN3O4. The molecule has 1 fully saturated rings. The Bertz CT molecular complexity index is 1070. The highest BCUT2D eigenvalue weighted by molar-refractivity contribution is 5.98. The van der Waals surface area contributed by atoms with Gasteiger partial charge in [0, 0.05) is 29.7 Å². The lowest BCUT2D eigenvalue weighted by Crippen LogP contribution is -2.37. The van der Waals surface area contributed by atoms with Gasteiger partial charge in [-0.3, -0.25) is 14.4 Å². The van der Waals surface area contributed by atoms with Crippen molar-refractivity contribution >= 4 is 28.5 Å². The van der Waals surface area contributed by atoms with Crippen LogP contribution in [0.3, 0.4) is 0 Å². The van der Waals surface area contributed by atoms with Crippen molar-refractivity contribution in [2.45, 2.75) is 90.3 Å². The smallest absolute Gasteiger partial charge is 0.305 e. The fourth-order valence-corrected chi connectivity index (χ4v) is 4.71. The SMILES string of the molecule is CCC(CC)n1cc(C(=O)N[C@@H](C)CC(=O)O)c(=O)c2cc(F)c(NC3CCCCC3)cc21. The summed E-state index contributed by atoms with van der Waals surface area (Å²) in [5, 5.41) is 15.0. The van der Waals surface area contributed by atoms with Crippen molar-refractivity contribution in [2.75, 3.05) is 5.32 Å². The van der Waals surface area contributed by atoms with Crippen LogP contribution in [0.4, 0.5) is 10.1 Å². The van der Waals surface area contributed by atoms with Gasteiger partial charge in [0.25, 0.3) is 5.91 Å². The first-order valence-corrected chi connectivity index (χ1v) is 11.9. The predicted octanol–water partition coefficient (Wildman–Crippen LogP) is 4.84. The Balaban J connectivity index is 2.08. The fraction of sp³-hybridized carbons (Fsp3) is 0.560. The van der Waals surface area contributed by atoms with Gasteiger partial charge in [0.05, 0.1) is 17.6 Å². The molecule has 1 aromatic carbocycles. The van der Waals surface area contributed by atoms with E-state index >= 15 is 4.39 Å². The van der Waals surface area contributed by atoms with Crippen molar-refractivity contribution in [3.63, 3.8) is 0 Å². The van der Waals surface area contributed by atoms with Crippen molar-refractivity contribution in [1.29, 1.82) is 0 Å². The Morgan fingerprint density at radius 3 is 2.45 bits per heavy atom. The van der Waals surface area contributed by atoms with E-state index in [1.54, 1.807) is 13.0 Å². The summed E-state index contributed by atoms with van der Waals surface area (Å²) in [5.41, 5.74) is 0.290. The number of carbonyl (C=O) groups is 2. The van der Waals surface area contributed by atoms with Gasteiger partial charge in [-0.1, -0.05) is 33.1 Å². The Labute approximate surface area is 193 Å². The topological polar surface area (TPSA) is 100 Å². The minimum Gasteiger partial charge on any atom is -0.481 e. The molecule has 3 rings (SSSR count). The number of fused-ring (bicyclic) bond motifs is 1. The molecule has 7 nitrogen and oxygen atoms in total. The van der Waals surface area contributed by atoms with Crippen molar-refractivity contribution in [1.82, 2.24) is 9.88 Å². The molecule has 0 aliphatic heterocycles. The number of amides is 1. The number of aromatic nitrogens is 1. The number of nitrogens with zero attached hydrogens (tertiary/aromatic N) is 1. The van der Waals surface area contributed by atoms with Gasteiger partial charge < -0.3 is 20.3 Å². The summed E-state index contributed by atoms with van der Waals surface area (Å²) in [7, 11) is 0. The molecule has 1 atom stereocenters. The highest BCUT2D eigenvalue weighted by Crippen LogP contribution is 2.29. The summed E-state index contributed by atoms with van der Waals surface area (Å²) >= 11 is 0. The van der Waals surface area contributed by atoms with Crippen LogP contribution in [0.1, 0.15) is 88.5 Å². The average Bonchev–Trinajstić information content (AvgIpc) is 2.77. The standard InChI is InChI=1S/C25H34FN3O4/c1-4-17(5-2)29-14-19(25(33)27-15(3)11-23(30)31)24(32)18-12-20(26)21(13-22(18)29)28-16-9-7-6-8-10-16/h12-17,28H,4-11H2,1-3H3,(H,27,33)(H,30,31)/t15-/m0/s1. The number of hydrogen-bond acceptors (Lipinski definition) is 4. The van der Waals surface area contributed by atoms with Crippen LogP contribution < -0.4 is 16.1 Å². The molecule has 2 aromatic rings. The molecule has 0 saturated heterocycles. The number of rotatable bonds is 9. The van der Waals surface area contributed by atoms with E-state index in [0.717, 1.165) is 38.5 Å². The maximum atomic E-state index is 15.1. The molecule has 1 amide bonds. The molecule has 180 valence electrons. The number of carboxylic acid groups (broad SMARTS) is 1. The lowest BCUT2D eigenvalue weighted by molar-refractivity contribution is -0.137. The number of carbonyl (C=O) groups excluding carboxylic acids is 1. The molecule has 3 N–H and O–H groups in total. The van der Waals surface area contributed by atoms with E-state index in [0.29, 0.717) is 11.2 Å². The second-order valence-corrected chi connectivity index (χ2v) is 9.05. The van der Waals surface area contributed by atoms with E-state index in [-0.39, 0.29) is 29.5 Å². The Kier molecular flexibility index (Phi) is 8.10. The maximum absolute atomic E-state index is 15.1. The first-order chi connectivity index (χ1) is 15.7. The van der Waals surface area contributed by atoms with Crippen LogP contribution in [0.25, 0.3) is 10.9 Å². The zero-order valence-corrected chi connectivity index (χ0v) is 19.6. The summed E-state index contributed by atoms with van der Waals surface area (Å²) in [5.74, 6) is -2.21. The third kappa shape index (κ3) is 5.72. The number of halogens is 1. The molecule has 0 radical (unpaired) electrons. The van der Waals surface area contributed by atoms with Gasteiger partial charge >= 0.3 is 5.97 Å². The zero-order chi connectivity index (χ0) is 24.1. The van der Waals surface area contributed by atoms with E-state index in [2.05, 4.69) is 10.6 Å². The van der Waals surface area contributed by atoms with Crippen LogP contribution in [-0.4, -0.2) is 33.6 Å². The average molecular weight is 460 g/mol. The Hall–Kier alpha value is -2.90. The lowest BCUT2D eigenvalue weighted by Gasteiger charge is -2.26. The van der Waals surface area contributed by atoms with Gasteiger partial charge in [0.1, 0.15) is 11.4 Å². The molecule has 0 bridgehead atoms. The molecule has 1 heterocycles. The Morgan fingerprint density at radius 2 is 1.85 bits per heavy atom. The van der Waals surface area contributed by atoms with Gasteiger partial charge in [0.2, 0.25) is 5.43 Å². The van der Waals surface area contributed by atoms with E-state index < -0.39 is 29.2 Å². The first kappa shape index (κ1) is 24.7. The molecule has 1 aliphatic carbocycles. The van der Waals surface area contributed by atoms with E-state index in [1.165, 1.54) is 18.7 Å². The van der Waals surface area contributed by atoms with E-state index in [4.69, 9.17) is 5.11 Å². The van der Waals surface area contributed by atoms with Gasteiger partial charge in [-0.2, -0.15) is 0 Å². The summed E-state index contributed by atoms with van der Waals surface area (Å²) in [6.07, 6.45) is 8.23. The van der Waals surface area contributed by atoms with Crippen molar-refractivity contribution < 1.29 is 19.1 Å². The normalized spacial score (nSPS) is 15.5. The van der Waals surface area contributed by atoms with Crippen molar-refractivity contribution in [3.05, 3.63) is 39.9 Å². The van der Waals surface area contributed by atoms with Gasteiger partial charge in [-0.05, 0) is 44.7 Å². The highest BCUT2D eigenvalue weighted by atomic mass is 19.1. The molecular weight excluding hydrogens is 425 g/mol. The largest absolute Gasteiger partial charge is 0.481 e. The van der Waals surface area contributed by atoms with Gasteiger partial charge in [0.15, 0.2) is 0 Å². The number of pyridine rings is 1. The fourth-order valence-electron chi connectivity index (χ4n) is 4.71. The number of benzene rings is 1. The van der Waals surface area contributed by atoms with Crippen molar-refractivity contribution in [3.8, 4) is 0 Å². The number of carboxylic acids is 1. The number of nitrogens with one attached hydrogen (secondary N) is 2. The quantitative estimate of drug-likeness (QED) is 0.498. The number of anilines is 1. The monoisotopic (exact) mass is 459 g/mol. The molecule has 1 aromatic heterocycles. The van der Waals surface area contributed by atoms with Crippen LogP contribution in [0, 0.1) is 5.82 Å². The molecule has 0 spiro atoms. The number of hydrogen-bond donors (Lipinski definition) is 3. The molecule has 0 unspecified atom stereocenters.